The number of anilines is 1. The molecule has 0 amide bonds. The Morgan fingerprint density at radius 3 is 2.60 bits per heavy atom. The molecule has 0 aliphatic carbocycles. The van der Waals surface area contributed by atoms with Crippen molar-refractivity contribution in [3.8, 4) is 5.75 Å². The third-order valence-corrected chi connectivity index (χ3v) is 5.81. The molecule has 2 aromatic rings. The predicted octanol–water partition coefficient (Wildman–Crippen LogP) is 3.22. The first kappa shape index (κ1) is 15.1. The molecule has 108 valence electrons. The molecular formula is C12H13ClN2O3S2. The zero-order valence-electron chi connectivity index (χ0n) is 11.1. The van der Waals surface area contributed by atoms with Crippen LogP contribution in [0.15, 0.2) is 22.4 Å². The van der Waals surface area contributed by atoms with Gasteiger partial charge in [0.05, 0.1) is 18.5 Å². The highest BCUT2D eigenvalue weighted by Gasteiger charge is 2.22. The van der Waals surface area contributed by atoms with Gasteiger partial charge in [-0.3, -0.25) is 4.72 Å². The van der Waals surface area contributed by atoms with Crippen LogP contribution in [0.2, 0.25) is 4.47 Å². The minimum absolute atomic E-state index is 0.103. The zero-order valence-corrected chi connectivity index (χ0v) is 13.5. The van der Waals surface area contributed by atoms with Crippen molar-refractivity contribution in [2.45, 2.75) is 18.1 Å². The van der Waals surface area contributed by atoms with Crippen LogP contribution in [-0.4, -0.2) is 20.5 Å². The maximum absolute atomic E-state index is 12.4. The summed E-state index contributed by atoms with van der Waals surface area (Å²) in [6, 6.07) is 5.25. The second kappa shape index (κ2) is 5.59. The van der Waals surface area contributed by atoms with Crippen LogP contribution in [0.3, 0.4) is 0 Å². The standard InChI is InChI=1S/C12H13ClN2O3S2/c1-7-4-5-10(18-3)9(6-7)15-20(16,17)11-8(2)14-12(13)19-11/h4-6,15H,1-3H3. The van der Waals surface area contributed by atoms with Crippen molar-refractivity contribution < 1.29 is 13.2 Å². The van der Waals surface area contributed by atoms with Gasteiger partial charge in [0.2, 0.25) is 0 Å². The van der Waals surface area contributed by atoms with Gasteiger partial charge in [-0.25, -0.2) is 13.4 Å². The highest BCUT2D eigenvalue weighted by Crippen LogP contribution is 2.31. The number of ether oxygens (including phenoxy) is 1. The van der Waals surface area contributed by atoms with Gasteiger partial charge in [0, 0.05) is 0 Å². The number of aryl methyl sites for hydroxylation is 2. The molecule has 1 aromatic carbocycles. The molecule has 8 heteroatoms. The summed E-state index contributed by atoms with van der Waals surface area (Å²) in [4.78, 5) is 3.91. The minimum atomic E-state index is -3.73. The van der Waals surface area contributed by atoms with Gasteiger partial charge in [-0.2, -0.15) is 0 Å². The molecule has 0 radical (unpaired) electrons. The fraction of sp³-hybridized carbons (Fsp3) is 0.250. The van der Waals surface area contributed by atoms with Crippen molar-refractivity contribution >= 4 is 38.6 Å². The fourth-order valence-electron chi connectivity index (χ4n) is 1.69. The Kier molecular flexibility index (Phi) is 4.22. The Bertz CT molecular complexity index is 741. The van der Waals surface area contributed by atoms with E-state index < -0.39 is 10.0 Å². The summed E-state index contributed by atoms with van der Waals surface area (Å²) >= 11 is 6.67. The summed E-state index contributed by atoms with van der Waals surface area (Å²) in [5, 5.41) is 0. The molecule has 1 N–H and O–H groups in total. The molecule has 0 saturated carbocycles. The quantitative estimate of drug-likeness (QED) is 0.933. The Morgan fingerprint density at radius 1 is 1.35 bits per heavy atom. The molecule has 20 heavy (non-hydrogen) atoms. The first-order valence-electron chi connectivity index (χ1n) is 5.64. The number of hydrogen-bond donors (Lipinski definition) is 1. The largest absolute Gasteiger partial charge is 0.495 e. The van der Waals surface area contributed by atoms with Gasteiger partial charge < -0.3 is 4.74 Å². The van der Waals surface area contributed by atoms with E-state index in [1.54, 1.807) is 19.1 Å². The van der Waals surface area contributed by atoms with Crippen LogP contribution in [0.1, 0.15) is 11.3 Å². The van der Waals surface area contributed by atoms with Gasteiger partial charge in [0.1, 0.15) is 5.75 Å². The number of nitrogens with zero attached hydrogens (tertiary/aromatic N) is 1. The summed E-state index contributed by atoms with van der Waals surface area (Å²) in [6.07, 6.45) is 0. The molecule has 0 unspecified atom stereocenters. The summed E-state index contributed by atoms with van der Waals surface area (Å²) in [5.74, 6) is 0.451. The van der Waals surface area contributed by atoms with Gasteiger partial charge in [0.25, 0.3) is 10.0 Å². The highest BCUT2D eigenvalue weighted by molar-refractivity contribution is 7.94. The number of thiazole rings is 1. The Morgan fingerprint density at radius 2 is 2.05 bits per heavy atom. The SMILES string of the molecule is COc1ccc(C)cc1NS(=O)(=O)c1sc(Cl)nc1C. The molecule has 2 rings (SSSR count). The van der Waals surface area contributed by atoms with E-state index in [0.29, 0.717) is 17.1 Å². The molecule has 0 aliphatic rings. The summed E-state index contributed by atoms with van der Waals surface area (Å²) in [6.45, 7) is 3.47. The smallest absolute Gasteiger partial charge is 0.273 e. The molecule has 1 heterocycles. The number of sulfonamides is 1. The molecule has 5 nitrogen and oxygen atoms in total. The summed E-state index contributed by atoms with van der Waals surface area (Å²) in [7, 11) is -2.25. The van der Waals surface area contributed by atoms with Crippen molar-refractivity contribution in [2.24, 2.45) is 0 Å². The summed E-state index contributed by atoms with van der Waals surface area (Å²) < 4.78 is 32.7. The Balaban J connectivity index is 2.43. The molecule has 0 bridgehead atoms. The number of methoxy groups -OCH3 is 1. The van der Waals surface area contributed by atoms with Crippen LogP contribution in [0.25, 0.3) is 0 Å². The summed E-state index contributed by atoms with van der Waals surface area (Å²) in [5.41, 5.74) is 1.68. The monoisotopic (exact) mass is 332 g/mol. The highest BCUT2D eigenvalue weighted by atomic mass is 35.5. The fourth-order valence-corrected chi connectivity index (χ4v) is 4.49. The topological polar surface area (TPSA) is 68.3 Å². The average Bonchev–Trinajstić information content (AvgIpc) is 2.69. The Labute approximate surface area is 126 Å². The van der Waals surface area contributed by atoms with Crippen LogP contribution in [-0.2, 0) is 10.0 Å². The first-order chi connectivity index (χ1) is 9.33. The van der Waals surface area contributed by atoms with E-state index in [0.717, 1.165) is 16.9 Å². The van der Waals surface area contributed by atoms with E-state index >= 15 is 0 Å². The maximum Gasteiger partial charge on any atom is 0.273 e. The Hall–Kier alpha value is -1.31. The van der Waals surface area contributed by atoms with E-state index in [-0.39, 0.29) is 8.68 Å². The van der Waals surface area contributed by atoms with Crippen LogP contribution < -0.4 is 9.46 Å². The minimum Gasteiger partial charge on any atom is -0.495 e. The van der Waals surface area contributed by atoms with Crippen LogP contribution in [0, 0.1) is 13.8 Å². The van der Waals surface area contributed by atoms with Crippen LogP contribution >= 0.6 is 22.9 Å². The number of nitrogens with one attached hydrogen (secondary N) is 1. The molecule has 0 atom stereocenters. The van der Waals surface area contributed by atoms with Crippen molar-refractivity contribution in [1.82, 2.24) is 4.98 Å². The van der Waals surface area contributed by atoms with Crippen molar-refractivity contribution in [1.29, 1.82) is 0 Å². The van der Waals surface area contributed by atoms with Gasteiger partial charge in [-0.1, -0.05) is 29.0 Å². The van der Waals surface area contributed by atoms with E-state index in [9.17, 15) is 8.42 Å². The van der Waals surface area contributed by atoms with Gasteiger partial charge in [-0.05, 0) is 31.5 Å². The van der Waals surface area contributed by atoms with Gasteiger partial charge in [0.15, 0.2) is 8.68 Å². The maximum atomic E-state index is 12.4. The number of halogens is 1. The second-order valence-corrected chi connectivity index (χ2v) is 7.61. The zero-order chi connectivity index (χ0) is 14.9. The molecule has 0 saturated heterocycles. The number of benzene rings is 1. The van der Waals surface area contributed by atoms with Crippen molar-refractivity contribution in [3.05, 3.63) is 33.9 Å². The molecule has 0 spiro atoms. The van der Waals surface area contributed by atoms with E-state index in [4.69, 9.17) is 16.3 Å². The molecular weight excluding hydrogens is 320 g/mol. The van der Waals surface area contributed by atoms with Crippen LogP contribution in [0.4, 0.5) is 5.69 Å². The van der Waals surface area contributed by atoms with Crippen molar-refractivity contribution in [3.63, 3.8) is 0 Å². The number of hydrogen-bond acceptors (Lipinski definition) is 5. The average molecular weight is 333 g/mol. The third-order valence-electron chi connectivity index (χ3n) is 2.57. The third kappa shape index (κ3) is 3.05. The second-order valence-electron chi connectivity index (χ2n) is 4.15. The lowest BCUT2D eigenvalue weighted by Crippen LogP contribution is -2.13. The normalized spacial score (nSPS) is 11.4. The lowest BCUT2D eigenvalue weighted by atomic mass is 10.2. The van der Waals surface area contributed by atoms with Crippen LogP contribution in [0.5, 0.6) is 5.75 Å². The first-order valence-corrected chi connectivity index (χ1v) is 8.31. The van der Waals surface area contributed by atoms with E-state index in [1.807, 2.05) is 13.0 Å². The van der Waals surface area contributed by atoms with Gasteiger partial charge >= 0.3 is 0 Å². The lowest BCUT2D eigenvalue weighted by Gasteiger charge is -2.11. The molecule has 1 aromatic heterocycles. The predicted molar refractivity (Wildman–Crippen MR) is 80.4 cm³/mol. The molecule has 0 fully saturated rings. The molecule has 0 aliphatic heterocycles. The van der Waals surface area contributed by atoms with E-state index in [2.05, 4.69) is 9.71 Å². The van der Waals surface area contributed by atoms with E-state index in [1.165, 1.54) is 7.11 Å². The van der Waals surface area contributed by atoms with Gasteiger partial charge in [-0.15, -0.1) is 0 Å². The van der Waals surface area contributed by atoms with Crippen molar-refractivity contribution in [2.75, 3.05) is 11.8 Å². The number of aromatic nitrogens is 1. The number of rotatable bonds is 4. The lowest BCUT2D eigenvalue weighted by molar-refractivity contribution is 0.417.